The van der Waals surface area contributed by atoms with E-state index >= 15 is 0 Å². The lowest BCUT2D eigenvalue weighted by atomic mass is 9.97. The van der Waals surface area contributed by atoms with E-state index in [2.05, 4.69) is 47.8 Å². The molecule has 0 saturated carbocycles. The van der Waals surface area contributed by atoms with E-state index in [1.165, 1.54) is 21.6 Å². The van der Waals surface area contributed by atoms with Gasteiger partial charge in [0.15, 0.2) is 0 Å². The third-order valence-corrected chi connectivity index (χ3v) is 8.37. The Morgan fingerprint density at radius 1 is 1.11 bits per heavy atom. The highest BCUT2D eigenvalue weighted by Gasteiger charge is 2.35. The number of nitrogens with two attached hydrogens (primary N) is 1. The summed E-state index contributed by atoms with van der Waals surface area (Å²) in [5.74, 6) is 1.01. The highest BCUT2D eigenvalue weighted by atomic mass is 32.2. The lowest BCUT2D eigenvalue weighted by Gasteiger charge is -2.17. The molecule has 0 radical (unpaired) electrons. The first-order valence-electron chi connectivity index (χ1n) is 9.07. The summed E-state index contributed by atoms with van der Waals surface area (Å²) in [6.07, 6.45) is 1.86. The van der Waals surface area contributed by atoms with Gasteiger partial charge in [-0.2, -0.15) is 0 Å². The van der Waals surface area contributed by atoms with E-state index in [1.54, 1.807) is 23.1 Å². The molecule has 2 atom stereocenters. The Labute approximate surface area is 172 Å². The molecule has 0 bridgehead atoms. The molecule has 0 spiro atoms. The second kappa shape index (κ2) is 8.80. The van der Waals surface area contributed by atoms with E-state index in [0.29, 0.717) is 0 Å². The SMILES string of the molecule is N[C@H]1c2c(-c3ccccc3)cc(-c3cccs3)nc2SC1SCCCCO. The van der Waals surface area contributed by atoms with Crippen LogP contribution in [0.4, 0.5) is 0 Å². The van der Waals surface area contributed by atoms with Crippen LogP contribution in [0.3, 0.4) is 0 Å². The van der Waals surface area contributed by atoms with Gasteiger partial charge < -0.3 is 10.8 Å². The van der Waals surface area contributed by atoms with Crippen molar-refractivity contribution in [2.45, 2.75) is 28.5 Å². The maximum atomic E-state index is 8.99. The van der Waals surface area contributed by atoms with Gasteiger partial charge in [0.05, 0.1) is 21.2 Å². The number of aliphatic hydroxyl groups excluding tert-OH is 1. The van der Waals surface area contributed by atoms with Gasteiger partial charge in [0.2, 0.25) is 0 Å². The number of hydrogen-bond acceptors (Lipinski definition) is 6. The van der Waals surface area contributed by atoms with Gasteiger partial charge in [-0.3, -0.25) is 0 Å². The third-order valence-electron chi connectivity index (χ3n) is 4.57. The van der Waals surface area contributed by atoms with Crippen molar-refractivity contribution in [1.29, 1.82) is 0 Å². The van der Waals surface area contributed by atoms with Crippen molar-refractivity contribution in [3.05, 3.63) is 59.5 Å². The van der Waals surface area contributed by atoms with Gasteiger partial charge in [0.25, 0.3) is 0 Å². The number of aliphatic hydroxyl groups is 1. The molecule has 1 aliphatic heterocycles. The van der Waals surface area contributed by atoms with Crippen molar-refractivity contribution in [3.63, 3.8) is 0 Å². The van der Waals surface area contributed by atoms with Crippen LogP contribution in [-0.2, 0) is 0 Å². The number of nitrogens with zero attached hydrogens (tertiary/aromatic N) is 1. The van der Waals surface area contributed by atoms with Gasteiger partial charge in [-0.25, -0.2) is 4.98 Å². The van der Waals surface area contributed by atoms with Gasteiger partial charge in [-0.05, 0) is 47.2 Å². The van der Waals surface area contributed by atoms with Crippen molar-refractivity contribution < 1.29 is 5.11 Å². The molecular weight excluding hydrogens is 392 g/mol. The largest absolute Gasteiger partial charge is 0.396 e. The van der Waals surface area contributed by atoms with Crippen LogP contribution in [0.2, 0.25) is 0 Å². The molecule has 140 valence electrons. The number of aromatic nitrogens is 1. The minimum Gasteiger partial charge on any atom is -0.396 e. The molecule has 3 N–H and O–H groups in total. The molecule has 0 aliphatic carbocycles. The topological polar surface area (TPSA) is 59.1 Å². The zero-order valence-electron chi connectivity index (χ0n) is 14.9. The fraction of sp³-hybridized carbons (Fsp3) is 0.286. The van der Waals surface area contributed by atoms with Crippen LogP contribution in [0.25, 0.3) is 21.7 Å². The highest BCUT2D eigenvalue weighted by Crippen LogP contribution is 2.51. The molecule has 4 rings (SSSR count). The molecule has 6 heteroatoms. The average Bonchev–Trinajstić information content (AvgIpc) is 3.34. The summed E-state index contributed by atoms with van der Waals surface area (Å²) in [6.45, 7) is 0.258. The van der Waals surface area contributed by atoms with Gasteiger partial charge in [0, 0.05) is 12.2 Å². The fourth-order valence-electron chi connectivity index (χ4n) is 3.22. The summed E-state index contributed by atoms with van der Waals surface area (Å²) in [5.41, 5.74) is 11.3. The number of thioether (sulfide) groups is 2. The summed E-state index contributed by atoms with van der Waals surface area (Å²) in [4.78, 5) is 6.15. The van der Waals surface area contributed by atoms with Crippen LogP contribution in [0, 0.1) is 0 Å². The van der Waals surface area contributed by atoms with Crippen LogP contribution in [-0.4, -0.2) is 27.0 Å². The Morgan fingerprint density at radius 2 is 1.96 bits per heavy atom. The van der Waals surface area contributed by atoms with Crippen molar-refractivity contribution in [3.8, 4) is 21.7 Å². The Hall–Kier alpha value is -1.31. The predicted octanol–water partition coefficient (Wildman–Crippen LogP) is 5.41. The third kappa shape index (κ3) is 4.10. The number of unbranched alkanes of at least 4 members (excludes halogenated alkanes) is 1. The minimum absolute atomic E-state index is 0.0378. The van der Waals surface area contributed by atoms with E-state index in [0.717, 1.165) is 29.3 Å². The van der Waals surface area contributed by atoms with Crippen LogP contribution in [0.15, 0.2) is 58.9 Å². The first-order valence-corrected chi connectivity index (χ1v) is 11.9. The minimum atomic E-state index is -0.0378. The lowest BCUT2D eigenvalue weighted by molar-refractivity contribution is 0.287. The Kier molecular flexibility index (Phi) is 6.20. The molecule has 0 amide bonds. The maximum Gasteiger partial charge on any atom is 0.103 e. The summed E-state index contributed by atoms with van der Waals surface area (Å²) >= 11 is 5.39. The Bertz CT molecular complexity index is 884. The van der Waals surface area contributed by atoms with Crippen LogP contribution >= 0.6 is 34.9 Å². The van der Waals surface area contributed by atoms with Gasteiger partial charge in [-0.1, -0.05) is 48.2 Å². The van der Waals surface area contributed by atoms with E-state index in [9.17, 15) is 0 Å². The van der Waals surface area contributed by atoms with Crippen LogP contribution < -0.4 is 5.73 Å². The molecule has 27 heavy (non-hydrogen) atoms. The zero-order chi connectivity index (χ0) is 18.6. The average molecular weight is 415 g/mol. The first kappa shape index (κ1) is 19.0. The summed E-state index contributed by atoms with van der Waals surface area (Å²) in [6, 6.07) is 16.8. The molecule has 1 unspecified atom stereocenters. The molecule has 3 heterocycles. The number of fused-ring (bicyclic) bond motifs is 1. The predicted molar refractivity (Wildman–Crippen MR) is 118 cm³/mol. The normalized spacial score (nSPS) is 18.6. The Balaban J connectivity index is 1.70. The van der Waals surface area contributed by atoms with Crippen molar-refractivity contribution >= 4 is 34.9 Å². The van der Waals surface area contributed by atoms with Gasteiger partial charge >= 0.3 is 0 Å². The summed E-state index contributed by atoms with van der Waals surface area (Å²) < 4.78 is 0.271. The number of benzene rings is 1. The number of pyridine rings is 1. The van der Waals surface area contributed by atoms with E-state index < -0.39 is 0 Å². The van der Waals surface area contributed by atoms with Crippen LogP contribution in [0.1, 0.15) is 24.4 Å². The Morgan fingerprint density at radius 3 is 2.70 bits per heavy atom. The highest BCUT2D eigenvalue weighted by molar-refractivity contribution is 8.17. The molecule has 1 aliphatic rings. The summed E-state index contributed by atoms with van der Waals surface area (Å²) in [7, 11) is 0. The summed E-state index contributed by atoms with van der Waals surface area (Å²) in [5, 5.41) is 12.1. The molecule has 1 aromatic carbocycles. The smallest absolute Gasteiger partial charge is 0.103 e. The van der Waals surface area contributed by atoms with Gasteiger partial charge in [0.1, 0.15) is 5.03 Å². The second-order valence-electron chi connectivity index (χ2n) is 6.43. The molecule has 2 aromatic heterocycles. The van der Waals surface area contributed by atoms with E-state index in [1.807, 2.05) is 17.8 Å². The number of rotatable bonds is 7. The second-order valence-corrected chi connectivity index (χ2v) is 10.1. The molecule has 0 saturated heterocycles. The van der Waals surface area contributed by atoms with Crippen LogP contribution in [0.5, 0.6) is 0 Å². The molecular formula is C21H22N2OS3. The fourth-order valence-corrected chi connectivity index (χ4v) is 6.71. The number of thiophene rings is 1. The van der Waals surface area contributed by atoms with Crippen molar-refractivity contribution in [2.75, 3.05) is 12.4 Å². The molecule has 3 nitrogen and oxygen atoms in total. The lowest BCUT2D eigenvalue weighted by Crippen LogP contribution is -2.17. The molecule has 0 fully saturated rings. The maximum absolute atomic E-state index is 8.99. The first-order chi connectivity index (χ1) is 13.3. The van der Waals surface area contributed by atoms with Crippen molar-refractivity contribution in [2.24, 2.45) is 5.73 Å². The van der Waals surface area contributed by atoms with Crippen molar-refractivity contribution in [1.82, 2.24) is 4.98 Å². The standard InChI is InChI=1S/C21H22N2OS3/c22-19-18-15(14-7-2-1-3-8-14)13-16(17-9-6-12-25-17)23-20(18)27-21(19)26-11-5-4-10-24/h1-3,6-9,12-13,19,21,24H,4-5,10-11,22H2/t19-,21?/m0/s1. The molecule has 3 aromatic rings. The van der Waals surface area contributed by atoms with Gasteiger partial charge in [-0.15, -0.1) is 23.1 Å². The van der Waals surface area contributed by atoms with E-state index in [4.69, 9.17) is 15.8 Å². The van der Waals surface area contributed by atoms with E-state index in [-0.39, 0.29) is 17.2 Å². The quantitative estimate of drug-likeness (QED) is 0.506. The monoisotopic (exact) mass is 414 g/mol. The number of hydrogen-bond donors (Lipinski definition) is 2. The zero-order valence-corrected chi connectivity index (χ0v) is 17.3.